The molecule has 0 aliphatic rings. The van der Waals surface area contributed by atoms with Crippen molar-refractivity contribution < 1.29 is 31.9 Å². The molecule has 1 N–H and O–H groups in total. The van der Waals surface area contributed by atoms with Crippen LogP contribution in [0.4, 0.5) is 10.1 Å². The summed E-state index contributed by atoms with van der Waals surface area (Å²) in [6, 6.07) is 16.7. The molecular formula is C31H38FN3O6S. The van der Waals surface area contributed by atoms with Gasteiger partial charge in [0.2, 0.25) is 11.8 Å². The SMILES string of the molecule is CCOc1ccc(N(CC(=O)N(Cc2cccc(OC)c2)C(C)C(=O)NC(C)CC)S(=O)(=O)c2ccc(F)cc2)cc1. The fourth-order valence-corrected chi connectivity index (χ4v) is 5.57. The first-order chi connectivity index (χ1) is 20.0. The van der Waals surface area contributed by atoms with Crippen molar-refractivity contribution >= 4 is 27.5 Å². The van der Waals surface area contributed by atoms with Gasteiger partial charge in [-0.2, -0.15) is 0 Å². The highest BCUT2D eigenvalue weighted by Gasteiger charge is 2.33. The second-order valence-corrected chi connectivity index (χ2v) is 11.6. The van der Waals surface area contributed by atoms with Gasteiger partial charge in [0.15, 0.2) is 0 Å². The van der Waals surface area contributed by atoms with E-state index in [4.69, 9.17) is 9.47 Å². The van der Waals surface area contributed by atoms with Gasteiger partial charge in [-0.15, -0.1) is 0 Å². The van der Waals surface area contributed by atoms with Crippen molar-refractivity contribution in [2.24, 2.45) is 0 Å². The molecule has 0 aromatic heterocycles. The third-order valence-corrected chi connectivity index (χ3v) is 8.56. The summed E-state index contributed by atoms with van der Waals surface area (Å²) in [4.78, 5) is 28.3. The Morgan fingerprint density at radius 1 is 0.952 bits per heavy atom. The molecule has 0 heterocycles. The fourth-order valence-electron chi connectivity index (χ4n) is 4.15. The minimum Gasteiger partial charge on any atom is -0.497 e. The smallest absolute Gasteiger partial charge is 0.264 e. The van der Waals surface area contributed by atoms with Gasteiger partial charge in [0, 0.05) is 12.6 Å². The molecule has 0 aliphatic heterocycles. The van der Waals surface area contributed by atoms with Gasteiger partial charge in [-0.1, -0.05) is 19.1 Å². The lowest BCUT2D eigenvalue weighted by Gasteiger charge is -2.32. The summed E-state index contributed by atoms with van der Waals surface area (Å²) in [6.45, 7) is 7.06. The van der Waals surface area contributed by atoms with Crippen LogP contribution < -0.4 is 19.1 Å². The molecule has 3 aromatic carbocycles. The maximum Gasteiger partial charge on any atom is 0.264 e. The van der Waals surface area contributed by atoms with E-state index in [1.54, 1.807) is 43.3 Å². The first-order valence-electron chi connectivity index (χ1n) is 13.7. The van der Waals surface area contributed by atoms with Crippen LogP contribution in [0, 0.1) is 5.82 Å². The summed E-state index contributed by atoms with van der Waals surface area (Å²) in [6.07, 6.45) is 0.698. The van der Waals surface area contributed by atoms with E-state index in [2.05, 4.69) is 5.32 Å². The minimum atomic E-state index is -4.32. The van der Waals surface area contributed by atoms with E-state index in [-0.39, 0.29) is 29.1 Å². The molecule has 0 bridgehead atoms. The second kappa shape index (κ2) is 14.7. The average molecular weight is 600 g/mol. The molecule has 42 heavy (non-hydrogen) atoms. The fraction of sp³-hybridized carbons (Fsp3) is 0.355. The van der Waals surface area contributed by atoms with Crippen LogP contribution in [0.1, 0.15) is 39.7 Å². The Morgan fingerprint density at radius 2 is 1.62 bits per heavy atom. The predicted octanol–water partition coefficient (Wildman–Crippen LogP) is 4.76. The van der Waals surface area contributed by atoms with Gasteiger partial charge in [-0.05, 0) is 93.4 Å². The molecule has 2 atom stereocenters. The molecule has 3 rings (SSSR count). The molecule has 0 aliphatic carbocycles. The Kier molecular flexibility index (Phi) is 11.3. The molecule has 0 spiro atoms. The van der Waals surface area contributed by atoms with E-state index >= 15 is 0 Å². The number of ether oxygens (including phenoxy) is 2. The van der Waals surface area contributed by atoms with Gasteiger partial charge < -0.3 is 19.7 Å². The number of hydrogen-bond donors (Lipinski definition) is 1. The lowest BCUT2D eigenvalue weighted by atomic mass is 10.1. The number of halogens is 1. The third kappa shape index (κ3) is 8.22. The number of benzene rings is 3. The largest absolute Gasteiger partial charge is 0.497 e. The number of anilines is 1. The molecule has 0 radical (unpaired) electrons. The van der Waals surface area contributed by atoms with Crippen molar-refractivity contribution in [3.8, 4) is 11.5 Å². The molecule has 2 unspecified atom stereocenters. The molecule has 0 saturated carbocycles. The normalized spacial score (nSPS) is 12.6. The number of amides is 2. The maximum absolute atomic E-state index is 14.0. The summed E-state index contributed by atoms with van der Waals surface area (Å²) < 4.78 is 53.1. The van der Waals surface area contributed by atoms with Crippen LogP contribution in [0.15, 0.2) is 77.7 Å². The zero-order valence-corrected chi connectivity index (χ0v) is 25.4. The predicted molar refractivity (Wildman–Crippen MR) is 159 cm³/mol. The second-order valence-electron chi connectivity index (χ2n) is 9.76. The number of methoxy groups -OCH3 is 1. The first-order valence-corrected chi connectivity index (χ1v) is 15.2. The summed E-state index contributed by atoms with van der Waals surface area (Å²) in [7, 11) is -2.79. The lowest BCUT2D eigenvalue weighted by Crippen LogP contribution is -2.52. The van der Waals surface area contributed by atoms with Crippen molar-refractivity contribution in [2.75, 3.05) is 24.6 Å². The Bertz CT molecular complexity index is 1450. The number of hydrogen-bond acceptors (Lipinski definition) is 6. The van der Waals surface area contributed by atoms with Crippen LogP contribution >= 0.6 is 0 Å². The van der Waals surface area contributed by atoms with Gasteiger partial charge in [-0.3, -0.25) is 13.9 Å². The Balaban J connectivity index is 2.04. The topological polar surface area (TPSA) is 105 Å². The van der Waals surface area contributed by atoms with Crippen LogP contribution in [-0.2, 0) is 26.2 Å². The van der Waals surface area contributed by atoms with E-state index in [0.29, 0.717) is 30.1 Å². The minimum absolute atomic E-state index is 0.0266. The van der Waals surface area contributed by atoms with E-state index in [9.17, 15) is 22.4 Å². The van der Waals surface area contributed by atoms with E-state index in [1.807, 2.05) is 20.8 Å². The van der Waals surface area contributed by atoms with Crippen LogP contribution in [0.3, 0.4) is 0 Å². The highest BCUT2D eigenvalue weighted by atomic mass is 32.2. The molecule has 11 heteroatoms. The Labute approximate surface area is 247 Å². The molecule has 9 nitrogen and oxygen atoms in total. The number of nitrogens with zero attached hydrogens (tertiary/aromatic N) is 2. The summed E-state index contributed by atoms with van der Waals surface area (Å²) in [5.41, 5.74) is 0.897. The van der Waals surface area contributed by atoms with Crippen molar-refractivity contribution in [1.82, 2.24) is 10.2 Å². The summed E-state index contributed by atoms with van der Waals surface area (Å²) in [5, 5.41) is 2.90. The van der Waals surface area contributed by atoms with Crippen molar-refractivity contribution in [3.63, 3.8) is 0 Å². The van der Waals surface area contributed by atoms with E-state index < -0.39 is 34.3 Å². The third-order valence-electron chi connectivity index (χ3n) is 6.77. The standard InChI is InChI=1S/C31H38FN3O6S/c1-6-22(3)33-31(37)23(4)34(20-24-9-8-10-28(19-24)40-5)30(36)21-35(26-13-15-27(16-14-26)41-7-2)42(38,39)29-17-11-25(32)12-18-29/h8-19,22-23H,6-7,20-21H2,1-5H3,(H,33,37). The summed E-state index contributed by atoms with van der Waals surface area (Å²) >= 11 is 0. The number of nitrogens with one attached hydrogen (secondary N) is 1. The number of carbonyl (C=O) groups is 2. The molecule has 3 aromatic rings. The van der Waals surface area contributed by atoms with E-state index in [0.717, 1.165) is 28.6 Å². The average Bonchev–Trinajstić information content (AvgIpc) is 2.99. The zero-order valence-electron chi connectivity index (χ0n) is 24.5. The maximum atomic E-state index is 14.0. The Morgan fingerprint density at radius 3 is 2.21 bits per heavy atom. The van der Waals surface area contributed by atoms with Crippen molar-refractivity contribution in [2.45, 2.75) is 57.6 Å². The Hall–Kier alpha value is -4.12. The molecule has 0 fully saturated rings. The molecule has 0 saturated heterocycles. The van der Waals surface area contributed by atoms with Crippen LogP contribution in [0.5, 0.6) is 11.5 Å². The van der Waals surface area contributed by atoms with Gasteiger partial charge >= 0.3 is 0 Å². The van der Waals surface area contributed by atoms with Gasteiger partial charge in [0.05, 0.1) is 24.3 Å². The zero-order chi connectivity index (χ0) is 30.9. The van der Waals surface area contributed by atoms with Gasteiger partial charge in [0.1, 0.15) is 29.9 Å². The lowest BCUT2D eigenvalue weighted by molar-refractivity contribution is -0.139. The number of rotatable bonds is 14. The highest BCUT2D eigenvalue weighted by Crippen LogP contribution is 2.27. The molecular weight excluding hydrogens is 561 g/mol. The van der Waals surface area contributed by atoms with Crippen LogP contribution in [0.2, 0.25) is 0 Å². The molecule has 226 valence electrons. The molecule has 2 amide bonds. The van der Waals surface area contributed by atoms with Crippen molar-refractivity contribution in [3.05, 3.63) is 84.2 Å². The van der Waals surface area contributed by atoms with Crippen molar-refractivity contribution in [1.29, 1.82) is 0 Å². The van der Waals surface area contributed by atoms with Crippen LogP contribution in [0.25, 0.3) is 0 Å². The van der Waals surface area contributed by atoms with Crippen LogP contribution in [-0.4, -0.2) is 57.5 Å². The quantitative estimate of drug-likeness (QED) is 0.287. The summed E-state index contributed by atoms with van der Waals surface area (Å²) in [5.74, 6) is -0.463. The highest BCUT2D eigenvalue weighted by molar-refractivity contribution is 7.92. The van der Waals surface area contributed by atoms with Gasteiger partial charge in [-0.25, -0.2) is 12.8 Å². The van der Waals surface area contributed by atoms with Gasteiger partial charge in [0.25, 0.3) is 10.0 Å². The van der Waals surface area contributed by atoms with E-state index in [1.165, 1.54) is 24.1 Å². The number of sulfonamides is 1. The first kappa shape index (κ1) is 32.4. The number of carbonyl (C=O) groups excluding carboxylic acids is 2. The monoisotopic (exact) mass is 599 g/mol.